The molecule has 0 radical (unpaired) electrons. The summed E-state index contributed by atoms with van der Waals surface area (Å²) in [6, 6.07) is 0. The lowest BCUT2D eigenvalue weighted by atomic mass is 9.99. The summed E-state index contributed by atoms with van der Waals surface area (Å²) in [4.78, 5) is 6.47. The summed E-state index contributed by atoms with van der Waals surface area (Å²) in [6.07, 6.45) is 7.26. The monoisotopic (exact) mass is 284 g/mol. The van der Waals surface area contributed by atoms with Gasteiger partial charge in [0.25, 0.3) is 0 Å². The van der Waals surface area contributed by atoms with Crippen LogP contribution in [0, 0.1) is 0 Å². The molecule has 20 heavy (non-hydrogen) atoms. The largest absolute Gasteiger partial charge is 0.297 e. The summed E-state index contributed by atoms with van der Waals surface area (Å²) in [5, 5.41) is 0. The zero-order chi connectivity index (χ0) is 14.8. The summed E-state index contributed by atoms with van der Waals surface area (Å²) in [5.74, 6) is -1.86. The van der Waals surface area contributed by atoms with E-state index in [1.54, 1.807) is 0 Å². The first-order valence-electron chi connectivity index (χ1n) is 7.95. The van der Waals surface area contributed by atoms with Crippen LogP contribution in [0.1, 0.15) is 38.5 Å². The van der Waals surface area contributed by atoms with E-state index in [0.717, 1.165) is 26.2 Å². The molecule has 6 heteroatoms. The number of piperidine rings is 2. The highest BCUT2D eigenvalue weighted by molar-refractivity contribution is 5.02. The van der Waals surface area contributed by atoms with Crippen LogP contribution in [0.15, 0.2) is 0 Å². The van der Waals surface area contributed by atoms with Crippen LogP contribution in [0.3, 0.4) is 0 Å². The van der Waals surface area contributed by atoms with Crippen LogP contribution in [0.2, 0.25) is 0 Å². The summed E-state index contributed by atoms with van der Waals surface area (Å²) in [7, 11) is 3.82. The Bertz CT molecular complexity index is 287. The standard InChI is InChI=1S/C14H32N6/c1-18(2)13(15,16)14(17,19-9-5-3-6-10-19)20-11-7-4-8-12-20/h3-12,15-17H2,1-2H3. The lowest BCUT2D eigenvalue weighted by molar-refractivity contribution is -0.161. The molecule has 0 aliphatic carbocycles. The SMILES string of the molecule is CN(C)C(N)(N)C(N)(N1CCCCC1)N1CCCCC1. The Morgan fingerprint density at radius 2 is 1.05 bits per heavy atom. The van der Waals surface area contributed by atoms with Crippen molar-refractivity contribution in [3.05, 3.63) is 0 Å². The van der Waals surface area contributed by atoms with Gasteiger partial charge >= 0.3 is 0 Å². The van der Waals surface area contributed by atoms with Crippen LogP contribution in [0.5, 0.6) is 0 Å². The maximum Gasteiger partial charge on any atom is 0.173 e. The Balaban J connectivity index is 2.30. The minimum atomic E-state index is -1.07. The van der Waals surface area contributed by atoms with Crippen molar-refractivity contribution >= 4 is 0 Å². The molecule has 2 aliphatic rings. The summed E-state index contributed by atoms with van der Waals surface area (Å²) < 4.78 is 0. The predicted octanol–water partition coefficient (Wildman–Crippen LogP) is -0.296. The normalized spacial score (nSPS) is 24.3. The molecule has 0 aromatic carbocycles. The Morgan fingerprint density at radius 3 is 1.35 bits per heavy atom. The van der Waals surface area contributed by atoms with Crippen molar-refractivity contribution in [2.24, 2.45) is 17.2 Å². The van der Waals surface area contributed by atoms with E-state index in [1.807, 2.05) is 19.0 Å². The van der Waals surface area contributed by atoms with Crippen molar-refractivity contribution < 1.29 is 0 Å². The molecule has 118 valence electrons. The van der Waals surface area contributed by atoms with Gasteiger partial charge in [-0.15, -0.1) is 0 Å². The highest BCUT2D eigenvalue weighted by Gasteiger charge is 2.53. The lowest BCUT2D eigenvalue weighted by Crippen LogP contribution is -2.88. The van der Waals surface area contributed by atoms with Gasteiger partial charge in [-0.25, -0.2) is 0 Å². The first-order valence-corrected chi connectivity index (χ1v) is 7.95. The molecule has 0 saturated carbocycles. The molecule has 2 aliphatic heterocycles. The van der Waals surface area contributed by atoms with Crippen molar-refractivity contribution in [2.45, 2.75) is 50.1 Å². The fourth-order valence-corrected chi connectivity index (χ4v) is 3.51. The van der Waals surface area contributed by atoms with Crippen LogP contribution in [-0.2, 0) is 0 Å². The van der Waals surface area contributed by atoms with Gasteiger partial charge in [0, 0.05) is 26.2 Å². The Labute approximate surface area is 123 Å². The zero-order valence-electron chi connectivity index (χ0n) is 13.1. The molecule has 0 amide bonds. The van der Waals surface area contributed by atoms with E-state index >= 15 is 0 Å². The number of nitrogens with two attached hydrogens (primary N) is 3. The van der Waals surface area contributed by atoms with Gasteiger partial charge in [0.15, 0.2) is 11.6 Å². The van der Waals surface area contributed by atoms with Crippen molar-refractivity contribution in [3.8, 4) is 0 Å². The number of hydrogen-bond donors (Lipinski definition) is 3. The maximum absolute atomic E-state index is 6.89. The number of likely N-dealkylation sites (N-methyl/N-ethyl adjacent to an activating group) is 1. The second kappa shape index (κ2) is 6.25. The molecule has 6 N–H and O–H groups in total. The van der Waals surface area contributed by atoms with Gasteiger partial charge in [-0.3, -0.25) is 31.9 Å². The van der Waals surface area contributed by atoms with Crippen LogP contribution < -0.4 is 17.2 Å². The van der Waals surface area contributed by atoms with Gasteiger partial charge in [-0.05, 0) is 39.8 Å². The first-order chi connectivity index (χ1) is 9.40. The van der Waals surface area contributed by atoms with Crippen LogP contribution in [-0.4, -0.2) is 66.5 Å². The molecule has 2 rings (SSSR count). The molecule has 0 bridgehead atoms. The van der Waals surface area contributed by atoms with E-state index in [1.165, 1.54) is 38.5 Å². The second-order valence-electron chi connectivity index (χ2n) is 6.54. The third kappa shape index (κ3) is 2.73. The van der Waals surface area contributed by atoms with Crippen molar-refractivity contribution in [1.29, 1.82) is 0 Å². The Kier molecular flexibility index (Phi) is 5.05. The average Bonchev–Trinajstić information content (AvgIpc) is 2.48. The van der Waals surface area contributed by atoms with Crippen molar-refractivity contribution in [3.63, 3.8) is 0 Å². The van der Waals surface area contributed by atoms with Gasteiger partial charge in [0.1, 0.15) is 0 Å². The van der Waals surface area contributed by atoms with E-state index in [4.69, 9.17) is 17.2 Å². The zero-order valence-corrected chi connectivity index (χ0v) is 13.1. The minimum Gasteiger partial charge on any atom is -0.297 e. The van der Waals surface area contributed by atoms with E-state index in [-0.39, 0.29) is 0 Å². The van der Waals surface area contributed by atoms with E-state index < -0.39 is 11.6 Å². The van der Waals surface area contributed by atoms with E-state index in [0.29, 0.717) is 0 Å². The van der Waals surface area contributed by atoms with Gasteiger partial charge in [0.05, 0.1) is 0 Å². The molecule has 0 atom stereocenters. The van der Waals surface area contributed by atoms with Crippen LogP contribution in [0.25, 0.3) is 0 Å². The third-order valence-electron chi connectivity index (χ3n) is 5.01. The predicted molar refractivity (Wildman–Crippen MR) is 82.6 cm³/mol. The van der Waals surface area contributed by atoms with Gasteiger partial charge in [-0.1, -0.05) is 12.8 Å². The van der Waals surface area contributed by atoms with Gasteiger partial charge < -0.3 is 0 Å². The minimum absolute atomic E-state index is 0.794. The van der Waals surface area contributed by atoms with Gasteiger partial charge in [0.2, 0.25) is 0 Å². The molecule has 0 aromatic rings. The fraction of sp³-hybridized carbons (Fsp3) is 1.00. The van der Waals surface area contributed by atoms with Crippen molar-refractivity contribution in [1.82, 2.24) is 14.7 Å². The molecular formula is C14H32N6. The first kappa shape index (κ1) is 16.1. The molecule has 0 spiro atoms. The number of hydrogen-bond acceptors (Lipinski definition) is 6. The second-order valence-corrected chi connectivity index (χ2v) is 6.54. The molecule has 0 unspecified atom stereocenters. The highest BCUT2D eigenvalue weighted by atomic mass is 15.6. The molecule has 2 fully saturated rings. The lowest BCUT2D eigenvalue weighted by Gasteiger charge is -2.58. The quantitative estimate of drug-likeness (QED) is 0.615. The van der Waals surface area contributed by atoms with E-state index in [9.17, 15) is 0 Å². The molecule has 0 aromatic heterocycles. The summed E-state index contributed by atoms with van der Waals surface area (Å²) in [5.41, 5.74) is 19.9. The third-order valence-corrected chi connectivity index (χ3v) is 5.01. The van der Waals surface area contributed by atoms with Crippen LogP contribution in [0.4, 0.5) is 0 Å². The molecule has 2 heterocycles. The highest BCUT2D eigenvalue weighted by Crippen LogP contribution is 2.30. The summed E-state index contributed by atoms with van der Waals surface area (Å²) in [6.45, 7) is 3.93. The fourth-order valence-electron chi connectivity index (χ4n) is 3.51. The number of rotatable bonds is 4. The van der Waals surface area contributed by atoms with E-state index in [2.05, 4.69) is 9.80 Å². The smallest absolute Gasteiger partial charge is 0.173 e. The topological polar surface area (TPSA) is 87.8 Å². The Morgan fingerprint density at radius 1 is 0.700 bits per heavy atom. The molecule has 2 saturated heterocycles. The van der Waals surface area contributed by atoms with Crippen LogP contribution >= 0.6 is 0 Å². The number of likely N-dealkylation sites (tertiary alicyclic amines) is 2. The molecular weight excluding hydrogens is 252 g/mol. The Hall–Kier alpha value is -0.240. The number of nitrogens with zero attached hydrogens (tertiary/aromatic N) is 3. The molecule has 6 nitrogen and oxygen atoms in total. The average molecular weight is 284 g/mol. The maximum atomic E-state index is 6.89. The summed E-state index contributed by atoms with van der Waals surface area (Å²) >= 11 is 0. The van der Waals surface area contributed by atoms with Gasteiger partial charge in [-0.2, -0.15) is 0 Å². The van der Waals surface area contributed by atoms with Crippen molar-refractivity contribution in [2.75, 3.05) is 40.3 Å².